The van der Waals surface area contributed by atoms with Crippen LogP contribution in [0.2, 0.25) is 0 Å². The van der Waals surface area contributed by atoms with Crippen molar-refractivity contribution in [3.8, 4) is 0 Å². The summed E-state index contributed by atoms with van der Waals surface area (Å²) in [4.78, 5) is 0. The zero-order valence-corrected chi connectivity index (χ0v) is 14.8. The highest BCUT2D eigenvalue weighted by Crippen LogP contribution is 2.24. The number of unbranched alkanes of at least 4 members (excludes halogenated alkanes) is 2. The van der Waals surface area contributed by atoms with Gasteiger partial charge in [-0.25, -0.2) is 0 Å². The fourth-order valence-electron chi connectivity index (χ4n) is 2.24. The minimum atomic E-state index is -0.00194. The van der Waals surface area contributed by atoms with E-state index in [2.05, 4.69) is 41.5 Å². The van der Waals surface area contributed by atoms with Crippen molar-refractivity contribution < 1.29 is 9.47 Å². The molecule has 0 amide bonds. The lowest BCUT2D eigenvalue weighted by atomic mass is 9.95. The Morgan fingerprint density at radius 3 is 1.40 bits per heavy atom. The summed E-state index contributed by atoms with van der Waals surface area (Å²) in [6.07, 6.45) is 7.53. The van der Waals surface area contributed by atoms with E-state index in [1.54, 1.807) is 0 Å². The molecule has 0 saturated heterocycles. The quantitative estimate of drug-likeness (QED) is 0.407. The molecule has 0 aliphatic carbocycles. The Morgan fingerprint density at radius 2 is 1.10 bits per heavy atom. The Balaban J connectivity index is 4.49. The number of rotatable bonds is 13. The predicted octanol–water partition coefficient (Wildman–Crippen LogP) is 5.65. The van der Waals surface area contributed by atoms with Gasteiger partial charge in [0.05, 0.1) is 13.2 Å². The molecular weight excluding hydrogens is 248 g/mol. The Morgan fingerprint density at radius 1 is 0.700 bits per heavy atom. The molecule has 0 aliphatic heterocycles. The standard InChI is InChI=1S/C18H38O2/c1-7-9-11-17(12-10-8-2)18(19-13-15(3)4)20-14-16(5)6/h15-18H,7-14H2,1-6H3. The molecule has 20 heavy (non-hydrogen) atoms. The number of hydrogen-bond donors (Lipinski definition) is 0. The molecule has 0 heterocycles. The van der Waals surface area contributed by atoms with Gasteiger partial charge in [-0.2, -0.15) is 0 Å². The predicted molar refractivity (Wildman–Crippen MR) is 87.9 cm³/mol. The Bertz CT molecular complexity index is 182. The second-order valence-corrected chi connectivity index (χ2v) is 6.87. The van der Waals surface area contributed by atoms with E-state index in [0.717, 1.165) is 13.2 Å². The van der Waals surface area contributed by atoms with Crippen molar-refractivity contribution in [3.63, 3.8) is 0 Å². The lowest BCUT2D eigenvalue weighted by Crippen LogP contribution is -2.30. The molecule has 2 nitrogen and oxygen atoms in total. The van der Waals surface area contributed by atoms with Gasteiger partial charge in [0, 0.05) is 5.92 Å². The van der Waals surface area contributed by atoms with Crippen LogP contribution in [0, 0.1) is 17.8 Å². The minimum Gasteiger partial charge on any atom is -0.352 e. The first-order valence-corrected chi connectivity index (χ1v) is 8.74. The molecule has 0 bridgehead atoms. The van der Waals surface area contributed by atoms with E-state index in [0.29, 0.717) is 17.8 Å². The monoisotopic (exact) mass is 286 g/mol. The van der Waals surface area contributed by atoms with Gasteiger partial charge in [-0.3, -0.25) is 0 Å². The van der Waals surface area contributed by atoms with E-state index in [1.807, 2.05) is 0 Å². The Hall–Kier alpha value is -0.0800. The van der Waals surface area contributed by atoms with Crippen LogP contribution in [0.15, 0.2) is 0 Å². The van der Waals surface area contributed by atoms with Crippen LogP contribution in [0.25, 0.3) is 0 Å². The molecule has 0 aromatic carbocycles. The molecule has 0 saturated carbocycles. The van der Waals surface area contributed by atoms with E-state index in [4.69, 9.17) is 9.47 Å². The van der Waals surface area contributed by atoms with Crippen LogP contribution < -0.4 is 0 Å². The summed E-state index contributed by atoms with van der Waals surface area (Å²) in [6, 6.07) is 0. The van der Waals surface area contributed by atoms with Gasteiger partial charge in [0.1, 0.15) is 0 Å². The highest BCUT2D eigenvalue weighted by Gasteiger charge is 2.23. The molecule has 0 aromatic rings. The summed E-state index contributed by atoms with van der Waals surface area (Å²) in [5, 5.41) is 0. The summed E-state index contributed by atoms with van der Waals surface area (Å²) in [7, 11) is 0. The van der Waals surface area contributed by atoms with Gasteiger partial charge in [0.2, 0.25) is 0 Å². The van der Waals surface area contributed by atoms with Crippen molar-refractivity contribution in [3.05, 3.63) is 0 Å². The molecule has 0 spiro atoms. The fourth-order valence-corrected chi connectivity index (χ4v) is 2.24. The van der Waals surface area contributed by atoms with Crippen LogP contribution in [-0.4, -0.2) is 19.5 Å². The maximum Gasteiger partial charge on any atom is 0.160 e. The first kappa shape index (κ1) is 19.9. The van der Waals surface area contributed by atoms with Gasteiger partial charge in [-0.15, -0.1) is 0 Å². The third-order valence-electron chi connectivity index (χ3n) is 3.43. The Labute approximate surface area is 127 Å². The van der Waals surface area contributed by atoms with Crippen molar-refractivity contribution >= 4 is 0 Å². The summed E-state index contributed by atoms with van der Waals surface area (Å²) in [6.45, 7) is 14.9. The maximum atomic E-state index is 6.09. The van der Waals surface area contributed by atoms with Crippen LogP contribution in [-0.2, 0) is 9.47 Å². The first-order valence-electron chi connectivity index (χ1n) is 8.74. The van der Waals surface area contributed by atoms with Crippen molar-refractivity contribution in [1.29, 1.82) is 0 Å². The van der Waals surface area contributed by atoms with Gasteiger partial charge < -0.3 is 9.47 Å². The molecule has 0 rings (SSSR count). The van der Waals surface area contributed by atoms with Crippen LogP contribution in [0.1, 0.15) is 80.1 Å². The third kappa shape index (κ3) is 10.7. The van der Waals surface area contributed by atoms with E-state index < -0.39 is 0 Å². The average Bonchev–Trinajstić information content (AvgIpc) is 2.39. The molecular formula is C18H38O2. The zero-order valence-electron chi connectivity index (χ0n) is 14.8. The van der Waals surface area contributed by atoms with Gasteiger partial charge >= 0.3 is 0 Å². The second kappa shape index (κ2) is 12.6. The van der Waals surface area contributed by atoms with Gasteiger partial charge in [-0.1, -0.05) is 67.2 Å². The largest absolute Gasteiger partial charge is 0.352 e. The SMILES string of the molecule is CCCCC(CCCC)C(OCC(C)C)OCC(C)C. The summed E-state index contributed by atoms with van der Waals surface area (Å²) in [5.41, 5.74) is 0. The molecule has 0 atom stereocenters. The Kier molecular flexibility index (Phi) is 12.6. The molecule has 0 unspecified atom stereocenters. The van der Waals surface area contributed by atoms with Crippen LogP contribution in [0.5, 0.6) is 0 Å². The van der Waals surface area contributed by atoms with Crippen molar-refractivity contribution in [2.75, 3.05) is 13.2 Å². The molecule has 0 aromatic heterocycles. The van der Waals surface area contributed by atoms with Crippen LogP contribution in [0.4, 0.5) is 0 Å². The molecule has 0 N–H and O–H groups in total. The third-order valence-corrected chi connectivity index (χ3v) is 3.43. The average molecular weight is 286 g/mol. The first-order chi connectivity index (χ1) is 9.51. The molecule has 0 aliphatic rings. The van der Waals surface area contributed by atoms with Crippen molar-refractivity contribution in [1.82, 2.24) is 0 Å². The van der Waals surface area contributed by atoms with E-state index >= 15 is 0 Å². The minimum absolute atomic E-state index is 0.00194. The summed E-state index contributed by atoms with van der Waals surface area (Å²) >= 11 is 0. The molecule has 0 radical (unpaired) electrons. The second-order valence-electron chi connectivity index (χ2n) is 6.87. The van der Waals surface area contributed by atoms with Crippen molar-refractivity contribution in [2.24, 2.45) is 17.8 Å². The van der Waals surface area contributed by atoms with E-state index in [-0.39, 0.29) is 6.29 Å². The summed E-state index contributed by atoms with van der Waals surface area (Å²) < 4.78 is 12.2. The van der Waals surface area contributed by atoms with Crippen LogP contribution in [0.3, 0.4) is 0 Å². The summed E-state index contributed by atoms with van der Waals surface area (Å²) in [5.74, 6) is 1.70. The fraction of sp³-hybridized carbons (Fsp3) is 1.00. The maximum absolute atomic E-state index is 6.09. The smallest absolute Gasteiger partial charge is 0.160 e. The number of hydrogen-bond acceptors (Lipinski definition) is 2. The van der Waals surface area contributed by atoms with Crippen LogP contribution >= 0.6 is 0 Å². The lowest BCUT2D eigenvalue weighted by molar-refractivity contribution is -0.185. The molecule has 0 fully saturated rings. The lowest BCUT2D eigenvalue weighted by Gasteiger charge is -2.29. The van der Waals surface area contributed by atoms with Gasteiger partial charge in [0.25, 0.3) is 0 Å². The normalized spacial score (nSPS) is 12.3. The topological polar surface area (TPSA) is 18.5 Å². The van der Waals surface area contributed by atoms with Crippen molar-refractivity contribution in [2.45, 2.75) is 86.4 Å². The highest BCUT2D eigenvalue weighted by molar-refractivity contribution is 4.65. The van der Waals surface area contributed by atoms with E-state index in [1.165, 1.54) is 38.5 Å². The highest BCUT2D eigenvalue weighted by atomic mass is 16.7. The van der Waals surface area contributed by atoms with E-state index in [9.17, 15) is 0 Å². The number of ether oxygens (including phenoxy) is 2. The molecule has 2 heteroatoms. The van der Waals surface area contributed by atoms with Gasteiger partial charge in [0.15, 0.2) is 6.29 Å². The van der Waals surface area contributed by atoms with Gasteiger partial charge in [-0.05, 0) is 24.7 Å². The zero-order chi connectivity index (χ0) is 15.4. The molecule has 122 valence electrons.